The molecule has 0 saturated heterocycles. The number of hydrogen-bond acceptors (Lipinski definition) is 5. The number of nitrogens with one attached hydrogen (secondary N) is 1. The van der Waals surface area contributed by atoms with Crippen molar-refractivity contribution in [1.29, 1.82) is 5.26 Å². The maximum atomic E-state index is 11.1. The van der Waals surface area contributed by atoms with Crippen LogP contribution >= 0.6 is 11.3 Å². The van der Waals surface area contributed by atoms with Gasteiger partial charge in [0.25, 0.3) is 0 Å². The molecular formula is C12H10N4OS. The number of amides is 1. The fourth-order valence-electron chi connectivity index (χ4n) is 1.60. The average molecular weight is 258 g/mol. The smallest absolute Gasteiger partial charge is 0.221 e. The number of aromatic nitrogens is 1. The van der Waals surface area contributed by atoms with Crippen LogP contribution in [0.1, 0.15) is 12.5 Å². The number of nitrogen functional groups attached to an aromatic ring is 1. The molecular weight excluding hydrogens is 248 g/mol. The fraction of sp³-hybridized carbons (Fsp3) is 0.0833. The number of thiophene rings is 1. The predicted molar refractivity (Wildman–Crippen MR) is 71.0 cm³/mol. The third-order valence-corrected chi connectivity index (χ3v) is 3.22. The maximum Gasteiger partial charge on any atom is 0.221 e. The van der Waals surface area contributed by atoms with Gasteiger partial charge in [0.05, 0.1) is 10.6 Å². The molecule has 0 bridgehead atoms. The van der Waals surface area contributed by atoms with Crippen molar-refractivity contribution in [2.24, 2.45) is 0 Å². The van der Waals surface area contributed by atoms with Gasteiger partial charge in [-0.1, -0.05) is 17.4 Å². The first kappa shape index (κ1) is 12.1. The van der Waals surface area contributed by atoms with Crippen LogP contribution in [0.3, 0.4) is 0 Å². The quantitative estimate of drug-likeness (QED) is 0.863. The third-order valence-electron chi connectivity index (χ3n) is 2.29. The van der Waals surface area contributed by atoms with Crippen LogP contribution in [-0.4, -0.2) is 10.9 Å². The van der Waals surface area contributed by atoms with Crippen LogP contribution in [0, 0.1) is 11.3 Å². The standard InChI is InChI=1S/C12H10N4OS/c1-7(17)16-12-9(5-13)10(11(14)18-12)8-3-2-4-15-6-8/h2-4,6H,14H2,1H3,(H,16,17). The molecule has 0 aromatic carbocycles. The van der Waals surface area contributed by atoms with Gasteiger partial charge >= 0.3 is 0 Å². The van der Waals surface area contributed by atoms with Crippen LogP contribution in [0.25, 0.3) is 11.1 Å². The lowest BCUT2D eigenvalue weighted by Gasteiger charge is -2.01. The van der Waals surface area contributed by atoms with Gasteiger partial charge in [0.2, 0.25) is 5.91 Å². The predicted octanol–water partition coefficient (Wildman–Crippen LogP) is 2.22. The van der Waals surface area contributed by atoms with Gasteiger partial charge in [0, 0.05) is 30.4 Å². The molecule has 2 heterocycles. The Kier molecular flexibility index (Phi) is 3.26. The van der Waals surface area contributed by atoms with Gasteiger partial charge < -0.3 is 11.1 Å². The van der Waals surface area contributed by atoms with E-state index in [1.165, 1.54) is 18.3 Å². The fourth-order valence-corrected chi connectivity index (χ4v) is 2.59. The Balaban J connectivity index is 2.59. The number of rotatable bonds is 2. The van der Waals surface area contributed by atoms with Crippen molar-refractivity contribution in [2.45, 2.75) is 6.92 Å². The zero-order valence-corrected chi connectivity index (χ0v) is 10.4. The molecule has 0 aliphatic heterocycles. The van der Waals surface area contributed by atoms with Crippen LogP contribution in [0.2, 0.25) is 0 Å². The van der Waals surface area contributed by atoms with Crippen LogP contribution < -0.4 is 11.1 Å². The van der Waals surface area contributed by atoms with Gasteiger partial charge in [-0.15, -0.1) is 0 Å². The summed E-state index contributed by atoms with van der Waals surface area (Å²) >= 11 is 1.18. The molecule has 6 heteroatoms. The molecule has 1 amide bonds. The molecule has 0 fully saturated rings. The van der Waals surface area contributed by atoms with Gasteiger partial charge in [0.1, 0.15) is 11.1 Å². The minimum Gasteiger partial charge on any atom is -0.390 e. The lowest BCUT2D eigenvalue weighted by Crippen LogP contribution is -2.05. The summed E-state index contributed by atoms with van der Waals surface area (Å²) in [7, 11) is 0. The summed E-state index contributed by atoms with van der Waals surface area (Å²) in [5, 5.41) is 12.8. The van der Waals surface area contributed by atoms with Crippen molar-refractivity contribution >= 4 is 27.2 Å². The molecule has 0 unspecified atom stereocenters. The highest BCUT2D eigenvalue weighted by Crippen LogP contribution is 2.41. The van der Waals surface area contributed by atoms with Crippen molar-refractivity contribution in [3.8, 4) is 17.2 Å². The largest absolute Gasteiger partial charge is 0.390 e. The highest BCUT2D eigenvalue weighted by molar-refractivity contribution is 7.20. The van der Waals surface area contributed by atoms with Crippen LogP contribution in [0.4, 0.5) is 10.0 Å². The van der Waals surface area contributed by atoms with E-state index in [4.69, 9.17) is 5.73 Å². The number of carbonyl (C=O) groups is 1. The molecule has 18 heavy (non-hydrogen) atoms. The molecule has 2 aromatic heterocycles. The van der Waals surface area contributed by atoms with E-state index in [-0.39, 0.29) is 5.91 Å². The highest BCUT2D eigenvalue weighted by Gasteiger charge is 2.18. The van der Waals surface area contributed by atoms with Gasteiger partial charge in [-0.2, -0.15) is 5.26 Å². The summed E-state index contributed by atoms with van der Waals surface area (Å²) in [4.78, 5) is 15.1. The lowest BCUT2D eigenvalue weighted by molar-refractivity contribution is -0.114. The summed E-state index contributed by atoms with van der Waals surface area (Å²) in [6, 6.07) is 5.67. The SMILES string of the molecule is CC(=O)Nc1sc(N)c(-c2cccnc2)c1C#N. The zero-order chi connectivity index (χ0) is 13.1. The Hall–Kier alpha value is -2.39. The third kappa shape index (κ3) is 2.17. The van der Waals surface area contributed by atoms with Crippen molar-refractivity contribution in [3.63, 3.8) is 0 Å². The molecule has 0 saturated carbocycles. The molecule has 3 N–H and O–H groups in total. The molecule has 90 valence electrons. The summed E-state index contributed by atoms with van der Waals surface area (Å²) < 4.78 is 0. The van der Waals surface area contributed by atoms with Crippen LogP contribution in [-0.2, 0) is 4.79 Å². The Labute approximate surface area is 108 Å². The molecule has 2 rings (SSSR count). The summed E-state index contributed by atoms with van der Waals surface area (Å²) in [6.07, 6.45) is 3.28. The molecule has 0 aliphatic carbocycles. The Bertz CT molecular complexity index is 628. The second kappa shape index (κ2) is 4.85. The second-order valence-electron chi connectivity index (χ2n) is 3.58. The van der Waals surface area contributed by atoms with E-state index in [2.05, 4.69) is 16.4 Å². The Morgan fingerprint density at radius 2 is 2.39 bits per heavy atom. The maximum absolute atomic E-state index is 11.1. The number of nitrogens with two attached hydrogens (primary N) is 1. The van der Waals surface area contributed by atoms with Crippen molar-refractivity contribution in [3.05, 3.63) is 30.1 Å². The van der Waals surface area contributed by atoms with Gasteiger partial charge in [-0.05, 0) is 6.07 Å². The number of hydrogen-bond donors (Lipinski definition) is 2. The van der Waals surface area contributed by atoms with E-state index in [9.17, 15) is 10.1 Å². The van der Waals surface area contributed by atoms with Gasteiger partial charge in [-0.25, -0.2) is 0 Å². The van der Waals surface area contributed by atoms with E-state index >= 15 is 0 Å². The summed E-state index contributed by atoms with van der Waals surface area (Å²) in [5.74, 6) is -0.231. The molecule has 0 atom stereocenters. The first-order chi connectivity index (χ1) is 8.63. The lowest BCUT2D eigenvalue weighted by atomic mass is 10.1. The topological polar surface area (TPSA) is 91.8 Å². The van der Waals surface area contributed by atoms with Crippen molar-refractivity contribution < 1.29 is 4.79 Å². The van der Waals surface area contributed by atoms with E-state index in [0.717, 1.165) is 5.56 Å². The summed E-state index contributed by atoms with van der Waals surface area (Å²) in [5.41, 5.74) is 7.68. The molecule has 0 aliphatic rings. The first-order valence-corrected chi connectivity index (χ1v) is 5.95. The van der Waals surface area contributed by atoms with E-state index in [1.807, 2.05) is 6.07 Å². The number of nitriles is 1. The minimum atomic E-state index is -0.231. The van der Waals surface area contributed by atoms with Crippen LogP contribution in [0.5, 0.6) is 0 Å². The number of nitrogens with zero attached hydrogens (tertiary/aromatic N) is 2. The minimum absolute atomic E-state index is 0.231. The van der Waals surface area contributed by atoms with Gasteiger partial charge in [0.15, 0.2) is 0 Å². The number of anilines is 2. The first-order valence-electron chi connectivity index (χ1n) is 5.14. The normalized spacial score (nSPS) is 9.78. The second-order valence-corrected chi connectivity index (χ2v) is 4.63. The van der Waals surface area contributed by atoms with E-state index in [0.29, 0.717) is 21.1 Å². The van der Waals surface area contributed by atoms with Crippen molar-refractivity contribution in [1.82, 2.24) is 4.98 Å². The van der Waals surface area contributed by atoms with E-state index in [1.54, 1.807) is 18.5 Å². The number of pyridine rings is 1. The average Bonchev–Trinajstić information content (AvgIpc) is 2.65. The zero-order valence-electron chi connectivity index (χ0n) is 9.60. The van der Waals surface area contributed by atoms with Crippen molar-refractivity contribution in [2.75, 3.05) is 11.1 Å². The molecule has 5 nitrogen and oxygen atoms in total. The highest BCUT2D eigenvalue weighted by atomic mass is 32.1. The summed E-state index contributed by atoms with van der Waals surface area (Å²) in [6.45, 7) is 1.39. The number of carbonyl (C=O) groups excluding carboxylic acids is 1. The van der Waals surface area contributed by atoms with Gasteiger partial charge in [-0.3, -0.25) is 9.78 Å². The monoisotopic (exact) mass is 258 g/mol. The van der Waals surface area contributed by atoms with E-state index < -0.39 is 0 Å². The molecule has 2 aromatic rings. The molecule has 0 spiro atoms. The Morgan fingerprint density at radius 3 is 2.94 bits per heavy atom. The Morgan fingerprint density at radius 1 is 1.61 bits per heavy atom. The molecule has 0 radical (unpaired) electrons. The van der Waals surface area contributed by atoms with Crippen LogP contribution in [0.15, 0.2) is 24.5 Å².